The maximum absolute atomic E-state index is 11.9. The smallest absolute Gasteiger partial charge is 0.188 e. The highest BCUT2D eigenvalue weighted by Gasteiger charge is 2.21. The summed E-state index contributed by atoms with van der Waals surface area (Å²) < 4.78 is 5.78. The molecule has 18 heavy (non-hydrogen) atoms. The van der Waals surface area contributed by atoms with Crippen molar-refractivity contribution in [2.75, 3.05) is 6.61 Å². The average Bonchev–Trinajstić information content (AvgIpc) is 2.46. The van der Waals surface area contributed by atoms with Crippen LogP contribution in [0.1, 0.15) is 49.4 Å². The minimum Gasteiger partial charge on any atom is -0.370 e. The molecule has 2 nitrogen and oxygen atoms in total. The summed E-state index contributed by atoms with van der Waals surface area (Å²) in [6.07, 6.45) is 6.31. The quantitative estimate of drug-likeness (QED) is 0.737. The fourth-order valence-corrected chi connectivity index (χ4v) is 2.66. The third-order valence-electron chi connectivity index (χ3n) is 3.86. The standard InChI is InChI=1S/C16H22O2/c1-2-13-7-6-10-15(11-13)18-12-16(17)14-8-4-3-5-9-14/h3-5,8-9,13,15H,2,6-7,10-12H2,1H3. The van der Waals surface area contributed by atoms with E-state index < -0.39 is 0 Å². The van der Waals surface area contributed by atoms with Crippen molar-refractivity contribution in [2.24, 2.45) is 5.92 Å². The maximum atomic E-state index is 11.9. The lowest BCUT2D eigenvalue weighted by Gasteiger charge is -2.28. The number of hydrogen-bond acceptors (Lipinski definition) is 2. The van der Waals surface area contributed by atoms with Crippen LogP contribution >= 0.6 is 0 Å². The molecule has 0 heterocycles. The lowest BCUT2D eigenvalue weighted by atomic mass is 9.85. The van der Waals surface area contributed by atoms with Gasteiger partial charge in [0.15, 0.2) is 5.78 Å². The van der Waals surface area contributed by atoms with E-state index in [0.717, 1.165) is 24.3 Å². The second kappa shape index (κ2) is 6.69. The molecule has 0 spiro atoms. The summed E-state index contributed by atoms with van der Waals surface area (Å²) in [6, 6.07) is 9.40. The molecule has 1 aromatic carbocycles. The monoisotopic (exact) mass is 246 g/mol. The Kier molecular flexibility index (Phi) is 4.94. The molecule has 0 amide bonds. The number of benzene rings is 1. The third-order valence-corrected chi connectivity index (χ3v) is 3.86. The third kappa shape index (κ3) is 3.67. The molecule has 98 valence electrons. The molecule has 1 saturated carbocycles. The number of ether oxygens (including phenoxy) is 1. The van der Waals surface area contributed by atoms with Crippen molar-refractivity contribution in [2.45, 2.75) is 45.1 Å². The van der Waals surface area contributed by atoms with Crippen LogP contribution in [-0.4, -0.2) is 18.5 Å². The minimum absolute atomic E-state index is 0.0919. The van der Waals surface area contributed by atoms with Gasteiger partial charge in [-0.2, -0.15) is 0 Å². The first-order valence-corrected chi connectivity index (χ1v) is 6.99. The van der Waals surface area contributed by atoms with Crippen LogP contribution in [0.15, 0.2) is 30.3 Å². The van der Waals surface area contributed by atoms with Crippen molar-refractivity contribution in [3.63, 3.8) is 0 Å². The Balaban J connectivity index is 1.79. The van der Waals surface area contributed by atoms with Gasteiger partial charge in [0, 0.05) is 5.56 Å². The van der Waals surface area contributed by atoms with Crippen molar-refractivity contribution in [1.82, 2.24) is 0 Å². The van der Waals surface area contributed by atoms with E-state index in [4.69, 9.17) is 4.74 Å². The van der Waals surface area contributed by atoms with Gasteiger partial charge in [-0.05, 0) is 18.8 Å². The number of ketones is 1. The fourth-order valence-electron chi connectivity index (χ4n) is 2.66. The highest BCUT2D eigenvalue weighted by Crippen LogP contribution is 2.28. The molecular weight excluding hydrogens is 224 g/mol. The number of carbonyl (C=O) groups is 1. The molecule has 0 radical (unpaired) electrons. The molecule has 1 aliphatic carbocycles. The normalized spacial score (nSPS) is 23.8. The largest absolute Gasteiger partial charge is 0.370 e. The molecule has 0 aliphatic heterocycles. The van der Waals surface area contributed by atoms with E-state index >= 15 is 0 Å². The van der Waals surface area contributed by atoms with Gasteiger partial charge in [0.2, 0.25) is 0 Å². The highest BCUT2D eigenvalue weighted by atomic mass is 16.5. The van der Waals surface area contributed by atoms with Crippen LogP contribution in [0.3, 0.4) is 0 Å². The number of rotatable bonds is 5. The number of carbonyl (C=O) groups excluding carboxylic acids is 1. The number of Topliss-reactive ketones (excluding diaryl/α,β-unsaturated/α-hetero) is 1. The molecule has 0 bridgehead atoms. The fraction of sp³-hybridized carbons (Fsp3) is 0.562. The summed E-state index contributed by atoms with van der Waals surface area (Å²) in [5.41, 5.74) is 0.750. The Morgan fingerprint density at radius 1 is 1.28 bits per heavy atom. The summed E-state index contributed by atoms with van der Waals surface area (Å²) in [5.74, 6) is 0.879. The second-order valence-electron chi connectivity index (χ2n) is 5.16. The molecule has 2 rings (SSSR count). The van der Waals surface area contributed by atoms with Gasteiger partial charge < -0.3 is 4.74 Å². The summed E-state index contributed by atoms with van der Waals surface area (Å²) in [6.45, 7) is 2.47. The molecule has 2 heteroatoms. The summed E-state index contributed by atoms with van der Waals surface area (Å²) in [7, 11) is 0. The van der Waals surface area contributed by atoms with Gasteiger partial charge in [-0.3, -0.25) is 4.79 Å². The van der Waals surface area contributed by atoms with Gasteiger partial charge in [0.25, 0.3) is 0 Å². The van der Waals surface area contributed by atoms with Crippen molar-refractivity contribution in [3.8, 4) is 0 Å². The molecule has 2 atom stereocenters. The van der Waals surface area contributed by atoms with Crippen LogP contribution in [-0.2, 0) is 4.74 Å². The topological polar surface area (TPSA) is 26.3 Å². The van der Waals surface area contributed by atoms with Gasteiger partial charge in [-0.1, -0.05) is 56.5 Å². The Labute approximate surface area is 109 Å². The SMILES string of the molecule is CCC1CCCC(OCC(=O)c2ccccc2)C1. The van der Waals surface area contributed by atoms with E-state index in [9.17, 15) is 4.79 Å². The Hall–Kier alpha value is -1.15. The van der Waals surface area contributed by atoms with E-state index in [1.807, 2.05) is 30.3 Å². The van der Waals surface area contributed by atoms with E-state index in [1.54, 1.807) is 0 Å². The molecule has 0 saturated heterocycles. The lowest BCUT2D eigenvalue weighted by Crippen LogP contribution is -2.25. The molecule has 1 fully saturated rings. The van der Waals surface area contributed by atoms with E-state index in [1.165, 1.54) is 19.3 Å². The first-order chi connectivity index (χ1) is 8.79. The van der Waals surface area contributed by atoms with Crippen molar-refractivity contribution in [1.29, 1.82) is 0 Å². The van der Waals surface area contributed by atoms with Gasteiger partial charge >= 0.3 is 0 Å². The van der Waals surface area contributed by atoms with Crippen molar-refractivity contribution in [3.05, 3.63) is 35.9 Å². The van der Waals surface area contributed by atoms with Crippen LogP contribution in [0.4, 0.5) is 0 Å². The summed E-state index contributed by atoms with van der Waals surface area (Å²) in [4.78, 5) is 11.9. The zero-order valence-electron chi connectivity index (χ0n) is 11.1. The average molecular weight is 246 g/mol. The Morgan fingerprint density at radius 3 is 2.78 bits per heavy atom. The van der Waals surface area contributed by atoms with Crippen LogP contribution in [0.2, 0.25) is 0 Å². The minimum atomic E-state index is 0.0919. The van der Waals surface area contributed by atoms with Crippen LogP contribution in [0.25, 0.3) is 0 Å². The molecule has 1 aromatic rings. The molecule has 2 unspecified atom stereocenters. The predicted molar refractivity (Wildman–Crippen MR) is 72.8 cm³/mol. The van der Waals surface area contributed by atoms with Gasteiger partial charge in [-0.15, -0.1) is 0 Å². The van der Waals surface area contributed by atoms with E-state index in [0.29, 0.717) is 0 Å². The highest BCUT2D eigenvalue weighted by molar-refractivity contribution is 5.96. The predicted octanol–water partition coefficient (Wildman–Crippen LogP) is 3.85. The molecule has 0 aromatic heterocycles. The molecule has 1 aliphatic rings. The van der Waals surface area contributed by atoms with Crippen molar-refractivity contribution < 1.29 is 9.53 Å². The zero-order valence-corrected chi connectivity index (χ0v) is 11.1. The zero-order chi connectivity index (χ0) is 12.8. The van der Waals surface area contributed by atoms with Gasteiger partial charge in [0.05, 0.1) is 6.10 Å². The summed E-state index contributed by atoms with van der Waals surface area (Å²) in [5, 5.41) is 0. The van der Waals surface area contributed by atoms with Crippen LogP contribution < -0.4 is 0 Å². The molecule has 0 N–H and O–H groups in total. The maximum Gasteiger partial charge on any atom is 0.188 e. The Morgan fingerprint density at radius 2 is 2.06 bits per heavy atom. The Bertz CT molecular complexity index is 372. The second-order valence-corrected chi connectivity index (χ2v) is 5.16. The van der Waals surface area contributed by atoms with E-state index in [2.05, 4.69) is 6.92 Å². The number of hydrogen-bond donors (Lipinski definition) is 0. The van der Waals surface area contributed by atoms with E-state index in [-0.39, 0.29) is 18.5 Å². The van der Waals surface area contributed by atoms with Crippen LogP contribution in [0, 0.1) is 5.92 Å². The van der Waals surface area contributed by atoms with Gasteiger partial charge in [0.1, 0.15) is 6.61 Å². The first kappa shape index (κ1) is 13.3. The lowest BCUT2D eigenvalue weighted by molar-refractivity contribution is 0.0156. The molecular formula is C16H22O2. The summed E-state index contributed by atoms with van der Waals surface area (Å²) >= 11 is 0. The van der Waals surface area contributed by atoms with Crippen molar-refractivity contribution >= 4 is 5.78 Å². The first-order valence-electron chi connectivity index (χ1n) is 6.99. The van der Waals surface area contributed by atoms with Gasteiger partial charge in [-0.25, -0.2) is 0 Å². The van der Waals surface area contributed by atoms with Crippen LogP contribution in [0.5, 0.6) is 0 Å².